The minimum Gasteiger partial charge on any atom is -0.379 e. The molecule has 1 amide bonds. The van der Waals surface area contributed by atoms with Crippen LogP contribution in [-0.2, 0) is 9.53 Å². The van der Waals surface area contributed by atoms with Gasteiger partial charge in [-0.3, -0.25) is 4.79 Å². The summed E-state index contributed by atoms with van der Waals surface area (Å²) in [5.41, 5.74) is 7.20. The van der Waals surface area contributed by atoms with Crippen LogP contribution < -0.4 is 11.1 Å². The predicted molar refractivity (Wildman–Crippen MR) is 64.9 cm³/mol. The Morgan fingerprint density at radius 3 is 3.06 bits per heavy atom. The fourth-order valence-corrected chi connectivity index (χ4v) is 1.86. The second kappa shape index (κ2) is 5.00. The summed E-state index contributed by atoms with van der Waals surface area (Å²) in [7, 11) is 0. The molecule has 1 aliphatic heterocycles. The molecule has 1 aromatic rings. The minimum atomic E-state index is -0.327. The van der Waals surface area contributed by atoms with Crippen molar-refractivity contribution < 1.29 is 9.53 Å². The summed E-state index contributed by atoms with van der Waals surface area (Å²) in [5.74, 6) is -0.504. The number of hydrogen-bond acceptors (Lipinski definition) is 4. The third-order valence-electron chi connectivity index (χ3n) is 2.69. The van der Waals surface area contributed by atoms with Crippen molar-refractivity contribution in [3.8, 4) is 0 Å². The molecule has 1 fully saturated rings. The van der Waals surface area contributed by atoms with E-state index >= 15 is 0 Å². The van der Waals surface area contributed by atoms with Gasteiger partial charge >= 0.3 is 0 Å². The zero-order valence-corrected chi connectivity index (χ0v) is 10.2. The average molecular weight is 256 g/mol. The van der Waals surface area contributed by atoms with Crippen molar-refractivity contribution >= 4 is 23.2 Å². The van der Waals surface area contributed by atoms with E-state index < -0.39 is 0 Å². The Morgan fingerprint density at radius 1 is 1.65 bits per heavy atom. The molecule has 1 aromatic heterocycles. The first kappa shape index (κ1) is 12.3. The number of carbonyl (C=O) groups excluding carboxylic acids is 1. The van der Waals surface area contributed by atoms with Gasteiger partial charge in [-0.1, -0.05) is 11.6 Å². The number of aryl methyl sites for hydroxylation is 1. The van der Waals surface area contributed by atoms with Crippen molar-refractivity contribution in [2.24, 2.45) is 11.7 Å². The van der Waals surface area contributed by atoms with Crippen LogP contribution in [0.3, 0.4) is 0 Å². The van der Waals surface area contributed by atoms with Gasteiger partial charge in [-0.05, 0) is 18.6 Å². The summed E-state index contributed by atoms with van der Waals surface area (Å²) >= 11 is 5.90. The third-order valence-corrected chi connectivity index (χ3v) is 3.00. The minimum absolute atomic E-state index is 0.177. The van der Waals surface area contributed by atoms with Gasteiger partial charge in [0.25, 0.3) is 0 Å². The molecule has 0 bridgehead atoms. The van der Waals surface area contributed by atoms with Crippen molar-refractivity contribution in [1.29, 1.82) is 0 Å². The number of ether oxygens (including phenoxy) is 1. The maximum atomic E-state index is 11.9. The molecule has 0 saturated carbocycles. The number of hydrogen-bond donors (Lipinski definition) is 2. The molecule has 1 saturated heterocycles. The Labute approximate surface area is 104 Å². The van der Waals surface area contributed by atoms with Crippen LogP contribution in [0.15, 0.2) is 12.3 Å². The van der Waals surface area contributed by atoms with Gasteiger partial charge in [0.2, 0.25) is 5.91 Å². The second-order valence-corrected chi connectivity index (χ2v) is 4.51. The molecule has 0 aliphatic carbocycles. The second-order valence-electron chi connectivity index (χ2n) is 4.15. The van der Waals surface area contributed by atoms with Gasteiger partial charge in [-0.2, -0.15) is 0 Å². The van der Waals surface area contributed by atoms with Gasteiger partial charge < -0.3 is 15.8 Å². The number of carbonyl (C=O) groups is 1. The lowest BCUT2D eigenvalue weighted by Gasteiger charge is -2.14. The third kappa shape index (κ3) is 2.74. The van der Waals surface area contributed by atoms with E-state index in [2.05, 4.69) is 10.3 Å². The highest BCUT2D eigenvalue weighted by atomic mass is 35.5. The smallest absolute Gasteiger partial charge is 0.231 e. The maximum absolute atomic E-state index is 11.9. The molecular formula is C11H14ClN3O2. The molecule has 2 rings (SSSR count). The molecule has 0 spiro atoms. The Morgan fingerprint density at radius 2 is 2.41 bits per heavy atom. The first-order chi connectivity index (χ1) is 8.08. The van der Waals surface area contributed by atoms with Gasteiger partial charge in [-0.25, -0.2) is 4.98 Å². The highest BCUT2D eigenvalue weighted by Gasteiger charge is 2.31. The number of nitrogens with one attached hydrogen (secondary N) is 1. The Kier molecular flexibility index (Phi) is 3.61. The van der Waals surface area contributed by atoms with Crippen molar-refractivity contribution in [2.75, 3.05) is 18.5 Å². The molecule has 1 aliphatic rings. The summed E-state index contributed by atoms with van der Waals surface area (Å²) in [6, 6.07) is 1.51. The van der Waals surface area contributed by atoms with E-state index in [0.29, 0.717) is 18.9 Å². The van der Waals surface area contributed by atoms with Crippen molar-refractivity contribution in [2.45, 2.75) is 13.0 Å². The number of halogens is 1. The fraction of sp³-hybridized carbons (Fsp3) is 0.455. The number of aromatic nitrogens is 1. The zero-order chi connectivity index (χ0) is 12.4. The van der Waals surface area contributed by atoms with Gasteiger partial charge in [0, 0.05) is 12.2 Å². The first-order valence-corrected chi connectivity index (χ1v) is 5.72. The molecule has 2 unspecified atom stereocenters. The van der Waals surface area contributed by atoms with Crippen LogP contribution in [0, 0.1) is 12.8 Å². The molecule has 3 N–H and O–H groups in total. The number of nitrogens with zero attached hydrogens (tertiary/aromatic N) is 1. The molecule has 0 radical (unpaired) electrons. The zero-order valence-electron chi connectivity index (χ0n) is 9.44. The van der Waals surface area contributed by atoms with E-state index in [1.165, 1.54) is 0 Å². The molecule has 0 aromatic carbocycles. The van der Waals surface area contributed by atoms with E-state index in [9.17, 15) is 4.79 Å². The van der Waals surface area contributed by atoms with Crippen LogP contribution in [0.25, 0.3) is 0 Å². The summed E-state index contributed by atoms with van der Waals surface area (Å²) in [5, 5.41) is 3.00. The lowest BCUT2D eigenvalue weighted by molar-refractivity contribution is -0.120. The molecule has 6 heteroatoms. The monoisotopic (exact) mass is 255 g/mol. The largest absolute Gasteiger partial charge is 0.379 e. The lowest BCUT2D eigenvalue weighted by Crippen LogP contribution is -2.37. The molecule has 5 nitrogen and oxygen atoms in total. The SMILES string of the molecule is Cc1cnc(Cl)c(NC(=O)C2COCC2N)c1. The molecule has 17 heavy (non-hydrogen) atoms. The number of anilines is 1. The number of rotatable bonds is 2. The standard InChI is InChI=1S/C11H14ClN3O2/c1-6-2-9(10(12)14-3-6)15-11(16)7-4-17-5-8(7)13/h2-3,7-8H,4-5,13H2,1H3,(H,15,16). The van der Waals surface area contributed by atoms with Gasteiger partial charge in [0.05, 0.1) is 24.8 Å². The molecule has 2 atom stereocenters. The van der Waals surface area contributed by atoms with Crippen molar-refractivity contribution in [1.82, 2.24) is 4.98 Å². The average Bonchev–Trinajstić information content (AvgIpc) is 2.70. The van der Waals surface area contributed by atoms with Crippen molar-refractivity contribution in [3.05, 3.63) is 23.0 Å². The summed E-state index contributed by atoms with van der Waals surface area (Å²) in [4.78, 5) is 15.9. The Balaban J connectivity index is 2.10. The molecular weight excluding hydrogens is 242 g/mol. The van der Waals surface area contributed by atoms with Crippen LogP contribution in [0.5, 0.6) is 0 Å². The number of pyridine rings is 1. The van der Waals surface area contributed by atoms with Crippen LogP contribution in [0.4, 0.5) is 5.69 Å². The Hall–Kier alpha value is -1.17. The number of amides is 1. The molecule has 92 valence electrons. The van der Waals surface area contributed by atoms with Crippen LogP contribution in [0.2, 0.25) is 5.15 Å². The van der Waals surface area contributed by atoms with Gasteiger partial charge in [0.1, 0.15) is 0 Å². The Bertz CT molecular complexity index is 439. The highest BCUT2D eigenvalue weighted by molar-refractivity contribution is 6.32. The summed E-state index contributed by atoms with van der Waals surface area (Å²) in [6.07, 6.45) is 1.64. The topological polar surface area (TPSA) is 77.2 Å². The lowest BCUT2D eigenvalue weighted by atomic mass is 10.0. The van der Waals surface area contributed by atoms with E-state index in [0.717, 1.165) is 5.56 Å². The maximum Gasteiger partial charge on any atom is 0.231 e. The summed E-state index contributed by atoms with van der Waals surface area (Å²) in [6.45, 7) is 2.64. The van der Waals surface area contributed by atoms with Crippen molar-refractivity contribution in [3.63, 3.8) is 0 Å². The first-order valence-electron chi connectivity index (χ1n) is 5.34. The van der Waals surface area contributed by atoms with E-state index in [-0.39, 0.29) is 23.0 Å². The summed E-state index contributed by atoms with van der Waals surface area (Å²) < 4.78 is 5.15. The molecule has 2 heterocycles. The van der Waals surface area contributed by atoms with E-state index in [1.807, 2.05) is 6.92 Å². The van der Waals surface area contributed by atoms with Gasteiger partial charge in [0.15, 0.2) is 5.15 Å². The normalized spacial score (nSPS) is 23.7. The number of nitrogens with two attached hydrogens (primary N) is 1. The van der Waals surface area contributed by atoms with Gasteiger partial charge in [-0.15, -0.1) is 0 Å². The van der Waals surface area contributed by atoms with E-state index in [1.54, 1.807) is 12.3 Å². The quantitative estimate of drug-likeness (QED) is 0.772. The van der Waals surface area contributed by atoms with Crippen LogP contribution in [0.1, 0.15) is 5.56 Å². The van der Waals surface area contributed by atoms with Crippen LogP contribution in [-0.4, -0.2) is 30.1 Å². The fourth-order valence-electron chi connectivity index (χ4n) is 1.71. The van der Waals surface area contributed by atoms with E-state index in [4.69, 9.17) is 22.1 Å². The highest BCUT2D eigenvalue weighted by Crippen LogP contribution is 2.22. The predicted octanol–water partition coefficient (Wildman–Crippen LogP) is 0.956. The van der Waals surface area contributed by atoms with Crippen LogP contribution >= 0.6 is 11.6 Å².